The van der Waals surface area contributed by atoms with E-state index in [9.17, 15) is 4.79 Å². The average molecular weight is 414 g/mol. The minimum Gasteiger partial charge on any atom is -0.497 e. The van der Waals surface area contributed by atoms with Crippen molar-refractivity contribution < 1.29 is 14.3 Å². The molecule has 0 spiro atoms. The van der Waals surface area contributed by atoms with Crippen molar-refractivity contribution in [2.45, 2.75) is 30.4 Å². The Morgan fingerprint density at radius 2 is 1.90 bits per heavy atom. The molecule has 1 aromatic heterocycles. The molecule has 0 radical (unpaired) electrons. The van der Waals surface area contributed by atoms with E-state index in [1.807, 2.05) is 55.5 Å². The van der Waals surface area contributed by atoms with Crippen molar-refractivity contribution in [1.29, 1.82) is 0 Å². The highest BCUT2D eigenvalue weighted by molar-refractivity contribution is 8.00. The molecule has 2 aromatic carbocycles. The molecule has 1 heterocycles. The van der Waals surface area contributed by atoms with Gasteiger partial charge in [-0.25, -0.2) is 4.68 Å². The second-order valence-corrected chi connectivity index (χ2v) is 7.56. The first kappa shape index (κ1) is 20.7. The molecular formula is C20H23N5O3S. The van der Waals surface area contributed by atoms with Gasteiger partial charge in [0.1, 0.15) is 11.5 Å². The minimum atomic E-state index is -0.356. The third-order valence-electron chi connectivity index (χ3n) is 4.29. The summed E-state index contributed by atoms with van der Waals surface area (Å²) in [5, 5.41) is 15.0. The van der Waals surface area contributed by atoms with E-state index in [1.165, 1.54) is 11.8 Å². The van der Waals surface area contributed by atoms with Gasteiger partial charge in [0.15, 0.2) is 0 Å². The number of carbonyl (C=O) groups is 1. The molecule has 1 N–H and O–H groups in total. The summed E-state index contributed by atoms with van der Waals surface area (Å²) in [4.78, 5) is 12.5. The van der Waals surface area contributed by atoms with E-state index in [2.05, 4.69) is 20.8 Å². The van der Waals surface area contributed by atoms with Crippen molar-refractivity contribution in [3.05, 3.63) is 59.7 Å². The number of tetrazole rings is 1. The molecule has 3 aromatic rings. The topological polar surface area (TPSA) is 91.2 Å². The molecule has 3 rings (SSSR count). The van der Waals surface area contributed by atoms with E-state index in [1.54, 1.807) is 18.9 Å². The number of hydrogen-bond acceptors (Lipinski definition) is 7. The fourth-order valence-electron chi connectivity index (χ4n) is 2.67. The SMILES string of the molecule is COc1ccc(Cn2nnnc2SC(C)C(=O)NCc2ccccc2OC)cc1. The summed E-state index contributed by atoms with van der Waals surface area (Å²) in [5.41, 5.74) is 1.96. The number of nitrogens with zero attached hydrogens (tertiary/aromatic N) is 4. The van der Waals surface area contributed by atoms with Crippen LogP contribution < -0.4 is 14.8 Å². The van der Waals surface area contributed by atoms with E-state index in [0.29, 0.717) is 18.2 Å². The van der Waals surface area contributed by atoms with Crippen LogP contribution in [0.2, 0.25) is 0 Å². The zero-order valence-electron chi connectivity index (χ0n) is 16.5. The number of carbonyl (C=O) groups excluding carboxylic acids is 1. The Morgan fingerprint density at radius 1 is 1.14 bits per heavy atom. The van der Waals surface area contributed by atoms with Gasteiger partial charge in [-0.2, -0.15) is 0 Å². The van der Waals surface area contributed by atoms with Crippen LogP contribution in [0.3, 0.4) is 0 Å². The number of rotatable bonds is 9. The number of methoxy groups -OCH3 is 2. The van der Waals surface area contributed by atoms with Crippen LogP contribution in [0.5, 0.6) is 11.5 Å². The number of para-hydroxylation sites is 1. The van der Waals surface area contributed by atoms with E-state index < -0.39 is 0 Å². The predicted molar refractivity (Wildman–Crippen MR) is 110 cm³/mol. The second-order valence-electron chi connectivity index (χ2n) is 6.26. The summed E-state index contributed by atoms with van der Waals surface area (Å²) in [5.74, 6) is 1.44. The van der Waals surface area contributed by atoms with Crippen LogP contribution in [0.25, 0.3) is 0 Å². The van der Waals surface area contributed by atoms with Crippen LogP contribution in [-0.4, -0.2) is 45.6 Å². The summed E-state index contributed by atoms with van der Waals surface area (Å²) in [6.07, 6.45) is 0. The number of aromatic nitrogens is 4. The molecule has 1 amide bonds. The second kappa shape index (κ2) is 9.92. The highest BCUT2D eigenvalue weighted by Crippen LogP contribution is 2.22. The number of benzene rings is 2. The Kier molecular flexibility index (Phi) is 7.07. The maximum atomic E-state index is 12.5. The van der Waals surface area contributed by atoms with Gasteiger partial charge < -0.3 is 14.8 Å². The van der Waals surface area contributed by atoms with Crippen molar-refractivity contribution in [3.8, 4) is 11.5 Å². The van der Waals surface area contributed by atoms with E-state index in [-0.39, 0.29) is 11.2 Å². The first-order chi connectivity index (χ1) is 14.1. The van der Waals surface area contributed by atoms with Crippen LogP contribution in [0.15, 0.2) is 53.7 Å². The van der Waals surface area contributed by atoms with Crippen LogP contribution in [0.1, 0.15) is 18.1 Å². The molecule has 0 aliphatic rings. The molecule has 1 atom stereocenters. The molecule has 0 bridgehead atoms. The number of amides is 1. The first-order valence-electron chi connectivity index (χ1n) is 9.06. The van der Waals surface area contributed by atoms with Gasteiger partial charge in [-0.3, -0.25) is 4.79 Å². The molecule has 29 heavy (non-hydrogen) atoms. The Balaban J connectivity index is 1.58. The van der Waals surface area contributed by atoms with Crippen LogP contribution in [0.4, 0.5) is 0 Å². The number of thioether (sulfide) groups is 1. The van der Waals surface area contributed by atoms with Crippen LogP contribution in [0, 0.1) is 0 Å². The normalized spacial score (nSPS) is 11.7. The summed E-state index contributed by atoms with van der Waals surface area (Å²) in [6.45, 7) is 2.73. The average Bonchev–Trinajstić information content (AvgIpc) is 3.19. The van der Waals surface area contributed by atoms with E-state index in [4.69, 9.17) is 9.47 Å². The van der Waals surface area contributed by atoms with Gasteiger partial charge in [-0.05, 0) is 41.1 Å². The molecule has 0 aliphatic carbocycles. The Bertz CT molecular complexity index is 945. The molecule has 0 saturated carbocycles. The van der Waals surface area contributed by atoms with Crippen LogP contribution in [-0.2, 0) is 17.9 Å². The third-order valence-corrected chi connectivity index (χ3v) is 5.36. The maximum Gasteiger partial charge on any atom is 0.233 e. The van der Waals surface area contributed by atoms with Crippen molar-refractivity contribution in [3.63, 3.8) is 0 Å². The van der Waals surface area contributed by atoms with E-state index in [0.717, 1.165) is 22.6 Å². The van der Waals surface area contributed by atoms with Crippen molar-refractivity contribution in [2.75, 3.05) is 14.2 Å². The zero-order chi connectivity index (χ0) is 20.6. The Hall–Kier alpha value is -3.07. The molecule has 152 valence electrons. The number of ether oxygens (including phenoxy) is 2. The van der Waals surface area contributed by atoms with Crippen molar-refractivity contribution >= 4 is 17.7 Å². The quantitative estimate of drug-likeness (QED) is 0.539. The molecule has 0 fully saturated rings. The highest BCUT2D eigenvalue weighted by Gasteiger charge is 2.19. The third kappa shape index (κ3) is 5.47. The molecule has 9 heteroatoms. The monoisotopic (exact) mass is 413 g/mol. The Morgan fingerprint density at radius 3 is 2.62 bits per heavy atom. The van der Waals surface area contributed by atoms with Crippen molar-refractivity contribution in [2.24, 2.45) is 0 Å². The number of hydrogen-bond donors (Lipinski definition) is 1. The lowest BCUT2D eigenvalue weighted by atomic mass is 10.2. The smallest absolute Gasteiger partial charge is 0.233 e. The fraction of sp³-hybridized carbons (Fsp3) is 0.300. The largest absolute Gasteiger partial charge is 0.497 e. The molecule has 0 aliphatic heterocycles. The van der Waals surface area contributed by atoms with Gasteiger partial charge >= 0.3 is 0 Å². The first-order valence-corrected chi connectivity index (χ1v) is 9.94. The van der Waals surface area contributed by atoms with E-state index >= 15 is 0 Å². The summed E-state index contributed by atoms with van der Waals surface area (Å²) >= 11 is 1.32. The lowest BCUT2D eigenvalue weighted by molar-refractivity contribution is -0.120. The lowest BCUT2D eigenvalue weighted by Gasteiger charge is -2.13. The standard InChI is InChI=1S/C20H23N5O3S/c1-14(19(26)21-12-16-6-4-5-7-18(16)28-3)29-20-22-23-24-25(20)13-15-8-10-17(27-2)11-9-15/h4-11,14H,12-13H2,1-3H3,(H,21,26). The zero-order valence-corrected chi connectivity index (χ0v) is 17.3. The molecule has 1 unspecified atom stereocenters. The lowest BCUT2D eigenvalue weighted by Crippen LogP contribution is -2.30. The van der Waals surface area contributed by atoms with Gasteiger partial charge in [-0.15, -0.1) is 5.10 Å². The van der Waals surface area contributed by atoms with Gasteiger partial charge in [0.25, 0.3) is 0 Å². The van der Waals surface area contributed by atoms with Crippen LogP contribution >= 0.6 is 11.8 Å². The Labute approximate surface area is 173 Å². The summed E-state index contributed by atoms with van der Waals surface area (Å²) < 4.78 is 12.2. The van der Waals surface area contributed by atoms with Crippen molar-refractivity contribution in [1.82, 2.24) is 25.5 Å². The number of nitrogens with one attached hydrogen (secondary N) is 1. The highest BCUT2D eigenvalue weighted by atomic mass is 32.2. The minimum absolute atomic E-state index is 0.0973. The van der Waals surface area contributed by atoms with Gasteiger partial charge in [-0.1, -0.05) is 42.1 Å². The van der Waals surface area contributed by atoms with Gasteiger partial charge in [0, 0.05) is 12.1 Å². The molecule has 0 saturated heterocycles. The summed E-state index contributed by atoms with van der Waals surface area (Å²) in [7, 11) is 3.24. The molecular weight excluding hydrogens is 390 g/mol. The fourth-order valence-corrected chi connectivity index (χ4v) is 3.48. The molecule has 8 nitrogen and oxygen atoms in total. The maximum absolute atomic E-state index is 12.5. The predicted octanol–water partition coefficient (Wildman–Crippen LogP) is 2.54. The summed E-state index contributed by atoms with van der Waals surface area (Å²) in [6, 6.07) is 15.3. The van der Waals surface area contributed by atoms with Gasteiger partial charge in [0.05, 0.1) is 26.0 Å². The van der Waals surface area contributed by atoms with Gasteiger partial charge in [0.2, 0.25) is 11.1 Å².